The average Bonchev–Trinajstić information content (AvgIpc) is 2.26. The van der Waals surface area contributed by atoms with Crippen LogP contribution in [0, 0.1) is 5.41 Å². The monoisotopic (exact) mass is 219 g/mol. The topological polar surface area (TPSA) is 88.2 Å². The smallest absolute Gasteiger partial charge is 0.250 e. The van der Waals surface area contributed by atoms with Crippen LogP contribution in [-0.4, -0.2) is 19.0 Å². The van der Waals surface area contributed by atoms with Crippen molar-refractivity contribution < 1.29 is 9.53 Å². The molecule has 0 radical (unpaired) electrons. The molecule has 5 nitrogen and oxygen atoms in total. The summed E-state index contributed by atoms with van der Waals surface area (Å²) in [7, 11) is 1.59. The minimum absolute atomic E-state index is 0.371. The van der Waals surface area contributed by atoms with E-state index < -0.39 is 5.91 Å². The predicted octanol–water partition coefficient (Wildman–Crippen LogP) is 0.718. The number of nitrogens with two attached hydrogens (primary N) is 1. The maximum atomic E-state index is 11.1. The van der Waals surface area contributed by atoms with Crippen LogP contribution in [-0.2, 0) is 4.79 Å². The van der Waals surface area contributed by atoms with E-state index in [9.17, 15) is 4.79 Å². The van der Waals surface area contributed by atoms with Crippen LogP contribution < -0.4 is 15.8 Å². The Balaban J connectivity index is 2.62. The fourth-order valence-corrected chi connectivity index (χ4v) is 1.06. The van der Waals surface area contributed by atoms with Gasteiger partial charge in [-0.2, -0.15) is 0 Å². The fourth-order valence-electron chi connectivity index (χ4n) is 1.06. The predicted molar refractivity (Wildman–Crippen MR) is 62.1 cm³/mol. The molecule has 0 atom stereocenters. The van der Waals surface area contributed by atoms with Crippen LogP contribution in [0.3, 0.4) is 0 Å². The van der Waals surface area contributed by atoms with Gasteiger partial charge in [0.15, 0.2) is 5.96 Å². The maximum Gasteiger partial charge on any atom is 0.250 e. The van der Waals surface area contributed by atoms with Crippen molar-refractivity contribution in [1.82, 2.24) is 5.32 Å². The van der Waals surface area contributed by atoms with Gasteiger partial charge in [-0.25, -0.2) is 0 Å². The highest BCUT2D eigenvalue weighted by atomic mass is 16.5. The van der Waals surface area contributed by atoms with Gasteiger partial charge in [-0.1, -0.05) is 12.1 Å². The van der Waals surface area contributed by atoms with Crippen molar-refractivity contribution >= 4 is 17.9 Å². The number of methoxy groups -OCH3 is 1. The number of carbonyl (C=O) groups is 1. The molecule has 0 bridgehead atoms. The lowest BCUT2D eigenvalue weighted by Crippen LogP contribution is -2.34. The van der Waals surface area contributed by atoms with Crippen LogP contribution in [0.25, 0.3) is 6.08 Å². The van der Waals surface area contributed by atoms with Gasteiger partial charge in [0.2, 0.25) is 0 Å². The van der Waals surface area contributed by atoms with Crippen molar-refractivity contribution in [3.8, 4) is 5.75 Å². The summed E-state index contributed by atoms with van der Waals surface area (Å²) in [5, 5.41) is 9.00. The molecule has 0 aromatic heterocycles. The summed E-state index contributed by atoms with van der Waals surface area (Å²) in [5.74, 6) is -0.0435. The standard InChI is InChI=1S/C11H13N3O2/c1-16-9-5-2-8(3-6-9)4-7-10(15)14-11(12)13/h2-7H,1H3,(H4,12,13,14,15)/b7-4+. The van der Waals surface area contributed by atoms with Crippen molar-refractivity contribution in [2.75, 3.05) is 7.11 Å². The Morgan fingerprint density at radius 1 is 1.44 bits per heavy atom. The summed E-state index contributed by atoms with van der Waals surface area (Å²) >= 11 is 0. The second-order valence-corrected chi connectivity index (χ2v) is 3.01. The number of hydrogen-bond acceptors (Lipinski definition) is 3. The Morgan fingerprint density at radius 2 is 2.06 bits per heavy atom. The van der Waals surface area contributed by atoms with Gasteiger partial charge >= 0.3 is 0 Å². The molecule has 0 aliphatic carbocycles. The molecule has 1 rings (SSSR count). The highest BCUT2D eigenvalue weighted by Gasteiger charge is 1.95. The first-order valence-electron chi connectivity index (χ1n) is 4.59. The lowest BCUT2D eigenvalue weighted by atomic mass is 10.2. The molecule has 16 heavy (non-hydrogen) atoms. The molecule has 1 aromatic rings. The van der Waals surface area contributed by atoms with Gasteiger partial charge in [-0.3, -0.25) is 15.5 Å². The normalized spacial score (nSPS) is 10.1. The van der Waals surface area contributed by atoms with E-state index in [0.717, 1.165) is 11.3 Å². The first kappa shape index (κ1) is 11.8. The fraction of sp³-hybridized carbons (Fsp3) is 0.0909. The maximum absolute atomic E-state index is 11.1. The molecule has 4 N–H and O–H groups in total. The third kappa shape index (κ3) is 3.83. The Morgan fingerprint density at radius 3 is 2.56 bits per heavy atom. The van der Waals surface area contributed by atoms with Gasteiger partial charge in [0, 0.05) is 6.08 Å². The zero-order chi connectivity index (χ0) is 12.0. The van der Waals surface area contributed by atoms with E-state index in [4.69, 9.17) is 15.9 Å². The minimum Gasteiger partial charge on any atom is -0.497 e. The van der Waals surface area contributed by atoms with Crippen molar-refractivity contribution in [3.63, 3.8) is 0 Å². The van der Waals surface area contributed by atoms with E-state index >= 15 is 0 Å². The van der Waals surface area contributed by atoms with Gasteiger partial charge in [0.25, 0.3) is 5.91 Å². The molecule has 0 spiro atoms. The Labute approximate surface area is 93.4 Å². The summed E-state index contributed by atoms with van der Waals surface area (Å²) in [6, 6.07) is 7.22. The number of rotatable bonds is 3. The number of ether oxygens (including phenoxy) is 1. The largest absolute Gasteiger partial charge is 0.497 e. The molecule has 0 aliphatic heterocycles. The number of benzene rings is 1. The molecular weight excluding hydrogens is 206 g/mol. The molecule has 0 unspecified atom stereocenters. The zero-order valence-corrected chi connectivity index (χ0v) is 8.86. The number of guanidine groups is 1. The summed E-state index contributed by atoms with van der Waals surface area (Å²) < 4.78 is 5.00. The van der Waals surface area contributed by atoms with Crippen LogP contribution in [0.4, 0.5) is 0 Å². The molecular formula is C11H13N3O2. The molecule has 0 saturated heterocycles. The van der Waals surface area contributed by atoms with Gasteiger partial charge in [0.05, 0.1) is 7.11 Å². The van der Waals surface area contributed by atoms with Crippen LogP contribution in [0.15, 0.2) is 30.3 Å². The van der Waals surface area contributed by atoms with E-state index in [2.05, 4.69) is 5.32 Å². The number of hydrogen-bond donors (Lipinski definition) is 3. The second-order valence-electron chi connectivity index (χ2n) is 3.01. The van der Waals surface area contributed by atoms with Crippen molar-refractivity contribution in [3.05, 3.63) is 35.9 Å². The van der Waals surface area contributed by atoms with E-state index in [-0.39, 0.29) is 5.96 Å². The molecule has 5 heteroatoms. The Kier molecular flexibility index (Phi) is 4.08. The Hall–Kier alpha value is -2.30. The van der Waals surface area contributed by atoms with Gasteiger partial charge in [0.1, 0.15) is 5.75 Å². The summed E-state index contributed by atoms with van der Waals surface area (Å²) in [6.07, 6.45) is 2.93. The lowest BCUT2D eigenvalue weighted by molar-refractivity contribution is -0.115. The van der Waals surface area contributed by atoms with E-state index in [1.165, 1.54) is 6.08 Å². The SMILES string of the molecule is COc1ccc(/C=C/C(=O)NC(=N)N)cc1. The molecule has 0 fully saturated rings. The van der Waals surface area contributed by atoms with E-state index in [1.807, 2.05) is 12.1 Å². The molecule has 0 saturated carbocycles. The number of nitrogens with one attached hydrogen (secondary N) is 2. The highest BCUT2D eigenvalue weighted by Crippen LogP contribution is 2.11. The van der Waals surface area contributed by atoms with E-state index in [1.54, 1.807) is 25.3 Å². The van der Waals surface area contributed by atoms with E-state index in [0.29, 0.717) is 0 Å². The van der Waals surface area contributed by atoms with Crippen molar-refractivity contribution in [1.29, 1.82) is 5.41 Å². The first-order valence-corrected chi connectivity index (χ1v) is 4.59. The van der Waals surface area contributed by atoms with Gasteiger partial charge < -0.3 is 10.5 Å². The molecule has 0 heterocycles. The molecule has 84 valence electrons. The second kappa shape index (κ2) is 5.55. The third-order valence-corrected chi connectivity index (χ3v) is 1.80. The van der Waals surface area contributed by atoms with Gasteiger partial charge in [-0.05, 0) is 23.8 Å². The minimum atomic E-state index is -0.427. The molecule has 0 aliphatic rings. The molecule has 1 aromatic carbocycles. The van der Waals surface area contributed by atoms with Crippen molar-refractivity contribution in [2.24, 2.45) is 5.73 Å². The third-order valence-electron chi connectivity index (χ3n) is 1.80. The number of amides is 1. The van der Waals surface area contributed by atoms with Crippen LogP contribution >= 0.6 is 0 Å². The summed E-state index contributed by atoms with van der Waals surface area (Å²) in [5.41, 5.74) is 5.86. The van der Waals surface area contributed by atoms with Crippen LogP contribution in [0.1, 0.15) is 5.56 Å². The van der Waals surface area contributed by atoms with Crippen molar-refractivity contribution in [2.45, 2.75) is 0 Å². The summed E-state index contributed by atoms with van der Waals surface area (Å²) in [6.45, 7) is 0. The van der Waals surface area contributed by atoms with Gasteiger partial charge in [-0.15, -0.1) is 0 Å². The molecule has 1 amide bonds. The lowest BCUT2D eigenvalue weighted by Gasteiger charge is -1.99. The quantitative estimate of drug-likeness (QED) is 0.397. The van der Waals surface area contributed by atoms with Crippen LogP contribution in [0.2, 0.25) is 0 Å². The highest BCUT2D eigenvalue weighted by molar-refractivity contribution is 6.02. The average molecular weight is 219 g/mol. The Bertz CT molecular complexity index is 410. The van der Waals surface area contributed by atoms with Crippen LogP contribution in [0.5, 0.6) is 5.75 Å². The number of carbonyl (C=O) groups excluding carboxylic acids is 1. The summed E-state index contributed by atoms with van der Waals surface area (Å²) in [4.78, 5) is 11.1. The first-order chi connectivity index (χ1) is 7.61. The zero-order valence-electron chi connectivity index (χ0n) is 8.86.